The van der Waals surface area contributed by atoms with E-state index in [9.17, 15) is 18.5 Å². The number of pyridine rings is 1. The van der Waals surface area contributed by atoms with Crippen LogP contribution in [0.15, 0.2) is 17.3 Å². The van der Waals surface area contributed by atoms with E-state index in [0.29, 0.717) is 5.56 Å². The van der Waals surface area contributed by atoms with Gasteiger partial charge in [0.05, 0.1) is 10.7 Å². The number of aromatic nitrogens is 1. The van der Waals surface area contributed by atoms with Crippen LogP contribution >= 0.6 is 11.6 Å². The number of rotatable bonds is 4. The van der Waals surface area contributed by atoms with Gasteiger partial charge in [-0.2, -0.15) is 0 Å². The molecule has 88 valence electrons. The Kier molecular flexibility index (Phi) is 3.82. The summed E-state index contributed by atoms with van der Waals surface area (Å²) in [6.45, 7) is 1.60. The van der Waals surface area contributed by atoms with Crippen LogP contribution < -0.4 is 0 Å². The fourth-order valence-electron chi connectivity index (χ4n) is 1.11. The Morgan fingerprint density at radius 2 is 2.19 bits per heavy atom. The summed E-state index contributed by atoms with van der Waals surface area (Å²) in [6.07, 6.45) is 1.27. The van der Waals surface area contributed by atoms with Crippen LogP contribution in [0.1, 0.15) is 5.56 Å². The largest absolute Gasteiger partial charge is 0.306 e. The molecule has 1 aromatic rings. The molecule has 0 amide bonds. The van der Waals surface area contributed by atoms with Gasteiger partial charge in [0.25, 0.3) is 0 Å². The minimum absolute atomic E-state index is 0.130. The van der Waals surface area contributed by atoms with Gasteiger partial charge in [0.15, 0.2) is 0 Å². The zero-order valence-electron chi connectivity index (χ0n) is 8.38. The molecule has 0 aliphatic heterocycles. The molecule has 0 atom stereocenters. The van der Waals surface area contributed by atoms with Gasteiger partial charge in [0.2, 0.25) is 14.9 Å². The molecule has 0 saturated heterocycles. The van der Waals surface area contributed by atoms with Crippen molar-refractivity contribution in [3.8, 4) is 0 Å². The van der Waals surface area contributed by atoms with E-state index >= 15 is 0 Å². The van der Waals surface area contributed by atoms with E-state index in [-0.39, 0.29) is 11.6 Å². The van der Waals surface area contributed by atoms with Crippen LogP contribution in [0.3, 0.4) is 0 Å². The summed E-state index contributed by atoms with van der Waals surface area (Å²) >= 11 is 5.32. The molecule has 0 radical (unpaired) electrons. The van der Waals surface area contributed by atoms with Crippen molar-refractivity contribution in [2.45, 2.75) is 11.9 Å². The number of nitro groups is 1. The number of hydrogen-bond acceptors (Lipinski definition) is 5. The van der Waals surface area contributed by atoms with E-state index in [1.807, 2.05) is 0 Å². The topological polar surface area (TPSA) is 90.2 Å². The van der Waals surface area contributed by atoms with Crippen LogP contribution in [0, 0.1) is 17.0 Å². The highest BCUT2D eigenvalue weighted by atomic mass is 35.5. The SMILES string of the molecule is Cc1cnc(S(=O)(=O)CCCl)c([N+](=O)[O-])c1. The standard InChI is InChI=1S/C8H9ClN2O4S/c1-6-4-7(11(12)13)8(10-5-6)16(14,15)3-2-9/h4-5H,2-3H2,1H3. The second-order valence-corrected chi connectivity index (χ2v) is 5.50. The summed E-state index contributed by atoms with van der Waals surface area (Å²) in [5.74, 6) is -0.500. The highest BCUT2D eigenvalue weighted by Crippen LogP contribution is 2.23. The zero-order valence-corrected chi connectivity index (χ0v) is 9.95. The third-order valence-corrected chi connectivity index (χ3v) is 3.86. The van der Waals surface area contributed by atoms with Crippen molar-refractivity contribution in [2.24, 2.45) is 0 Å². The van der Waals surface area contributed by atoms with Gasteiger partial charge in [-0.25, -0.2) is 13.4 Å². The molecule has 0 N–H and O–H groups in total. The van der Waals surface area contributed by atoms with Crippen molar-refractivity contribution < 1.29 is 13.3 Å². The molecular formula is C8H9ClN2O4S. The zero-order chi connectivity index (χ0) is 12.3. The first-order valence-electron chi connectivity index (χ1n) is 4.28. The van der Waals surface area contributed by atoms with Gasteiger partial charge >= 0.3 is 5.69 Å². The Hall–Kier alpha value is -1.21. The molecular weight excluding hydrogens is 256 g/mol. The lowest BCUT2D eigenvalue weighted by Gasteiger charge is -2.02. The van der Waals surface area contributed by atoms with Gasteiger partial charge < -0.3 is 0 Å². The number of hydrogen-bond donors (Lipinski definition) is 0. The molecule has 0 aliphatic carbocycles. The third-order valence-electron chi connectivity index (χ3n) is 1.81. The maximum atomic E-state index is 11.6. The van der Waals surface area contributed by atoms with E-state index in [1.54, 1.807) is 6.92 Å². The molecule has 0 saturated carbocycles. The van der Waals surface area contributed by atoms with Crippen LogP contribution in [0.2, 0.25) is 0 Å². The molecule has 1 rings (SSSR count). The van der Waals surface area contributed by atoms with Crippen molar-refractivity contribution in [1.82, 2.24) is 4.98 Å². The van der Waals surface area contributed by atoms with Gasteiger partial charge in [0.1, 0.15) is 0 Å². The number of halogens is 1. The summed E-state index contributed by atoms with van der Waals surface area (Å²) in [5, 5.41) is 10.2. The molecule has 0 bridgehead atoms. The molecule has 0 fully saturated rings. The summed E-state index contributed by atoms with van der Waals surface area (Å²) < 4.78 is 23.2. The third kappa shape index (κ3) is 2.67. The quantitative estimate of drug-likeness (QED) is 0.465. The van der Waals surface area contributed by atoms with Gasteiger partial charge in [-0.3, -0.25) is 10.1 Å². The minimum Gasteiger partial charge on any atom is -0.258 e. The van der Waals surface area contributed by atoms with E-state index < -0.39 is 25.5 Å². The molecule has 0 spiro atoms. The summed E-state index contributed by atoms with van der Waals surface area (Å²) in [4.78, 5) is 13.5. The number of alkyl halides is 1. The average molecular weight is 265 g/mol. The average Bonchev–Trinajstić information content (AvgIpc) is 2.16. The predicted octanol–water partition coefficient (Wildman–Crippen LogP) is 1.31. The van der Waals surface area contributed by atoms with Gasteiger partial charge in [0, 0.05) is 18.1 Å². The first-order chi connectivity index (χ1) is 7.38. The number of aryl methyl sites for hydroxylation is 1. The van der Waals surface area contributed by atoms with Crippen LogP contribution in [0.25, 0.3) is 0 Å². The Morgan fingerprint density at radius 3 is 2.69 bits per heavy atom. The van der Waals surface area contributed by atoms with Gasteiger partial charge in [-0.1, -0.05) is 0 Å². The van der Waals surface area contributed by atoms with Crippen LogP contribution in [-0.4, -0.2) is 30.0 Å². The Bertz CT molecular complexity index is 515. The van der Waals surface area contributed by atoms with Crippen molar-refractivity contribution >= 4 is 27.1 Å². The minimum atomic E-state index is -3.79. The van der Waals surface area contributed by atoms with Crippen molar-refractivity contribution in [3.63, 3.8) is 0 Å². The van der Waals surface area contributed by atoms with E-state index in [4.69, 9.17) is 11.6 Å². The van der Waals surface area contributed by atoms with Crippen LogP contribution in [0.4, 0.5) is 5.69 Å². The second kappa shape index (κ2) is 4.75. The maximum Gasteiger partial charge on any atom is 0.306 e. The van der Waals surface area contributed by atoms with E-state index in [0.717, 1.165) is 0 Å². The molecule has 6 nitrogen and oxygen atoms in total. The van der Waals surface area contributed by atoms with Crippen molar-refractivity contribution in [1.29, 1.82) is 0 Å². The van der Waals surface area contributed by atoms with Crippen LogP contribution in [-0.2, 0) is 9.84 Å². The van der Waals surface area contributed by atoms with E-state index in [2.05, 4.69) is 4.98 Å². The van der Waals surface area contributed by atoms with Gasteiger partial charge in [-0.05, 0) is 12.5 Å². The molecule has 0 aromatic carbocycles. The Balaban J connectivity index is 3.39. The Labute approximate surface area is 97.3 Å². The van der Waals surface area contributed by atoms with Crippen molar-refractivity contribution in [2.75, 3.05) is 11.6 Å². The lowest BCUT2D eigenvalue weighted by atomic mass is 10.3. The number of sulfone groups is 1. The lowest BCUT2D eigenvalue weighted by molar-refractivity contribution is -0.388. The number of nitrogens with zero attached hydrogens (tertiary/aromatic N) is 2. The summed E-state index contributed by atoms with van der Waals surface area (Å²) in [5.41, 5.74) is 0.0154. The predicted molar refractivity (Wildman–Crippen MR) is 58.4 cm³/mol. The first-order valence-corrected chi connectivity index (χ1v) is 6.47. The highest BCUT2D eigenvalue weighted by molar-refractivity contribution is 7.91. The molecule has 1 heterocycles. The van der Waals surface area contributed by atoms with Crippen molar-refractivity contribution in [3.05, 3.63) is 27.9 Å². The molecule has 0 unspecified atom stereocenters. The first kappa shape index (κ1) is 12.9. The van der Waals surface area contributed by atoms with Crippen LogP contribution in [0.5, 0.6) is 0 Å². The fraction of sp³-hybridized carbons (Fsp3) is 0.375. The second-order valence-electron chi connectivity index (χ2n) is 3.10. The molecule has 0 aliphatic rings. The summed E-state index contributed by atoms with van der Waals surface area (Å²) in [6, 6.07) is 1.17. The smallest absolute Gasteiger partial charge is 0.258 e. The van der Waals surface area contributed by atoms with E-state index in [1.165, 1.54) is 12.3 Å². The molecule has 16 heavy (non-hydrogen) atoms. The monoisotopic (exact) mass is 264 g/mol. The maximum absolute atomic E-state index is 11.6. The molecule has 1 aromatic heterocycles. The van der Waals surface area contributed by atoms with Gasteiger partial charge in [-0.15, -0.1) is 11.6 Å². The normalized spacial score (nSPS) is 11.4. The summed E-state index contributed by atoms with van der Waals surface area (Å²) in [7, 11) is -3.79. The Morgan fingerprint density at radius 1 is 1.56 bits per heavy atom. The highest BCUT2D eigenvalue weighted by Gasteiger charge is 2.27. The molecule has 8 heteroatoms. The fourth-order valence-corrected chi connectivity index (χ4v) is 2.78. The lowest BCUT2D eigenvalue weighted by Crippen LogP contribution is -2.12.